The zero-order chi connectivity index (χ0) is 10.8. The minimum absolute atomic E-state index is 0.0933. The molecule has 15 heavy (non-hydrogen) atoms. The van der Waals surface area contributed by atoms with Crippen LogP contribution in [0.2, 0.25) is 0 Å². The Morgan fingerprint density at radius 1 is 1.60 bits per heavy atom. The maximum Gasteiger partial charge on any atom is 0.123 e. The molecule has 0 aromatic carbocycles. The number of hydrogen-bond acceptors (Lipinski definition) is 3. The van der Waals surface area contributed by atoms with Gasteiger partial charge in [0.25, 0.3) is 0 Å². The first-order valence-corrected chi connectivity index (χ1v) is 4.94. The summed E-state index contributed by atoms with van der Waals surface area (Å²) >= 11 is 0. The van der Waals surface area contributed by atoms with Crippen molar-refractivity contribution in [3.8, 4) is 0 Å². The van der Waals surface area contributed by atoms with Crippen LogP contribution in [0.15, 0.2) is 29.1 Å². The number of nitrogens with zero attached hydrogens (tertiary/aromatic N) is 2. The summed E-state index contributed by atoms with van der Waals surface area (Å²) in [5.74, 6) is 0.860. The van der Waals surface area contributed by atoms with Crippen LogP contribution in [-0.2, 0) is 13.5 Å². The molecule has 1 unspecified atom stereocenters. The molecule has 0 amide bonds. The Balaban J connectivity index is 2.10. The van der Waals surface area contributed by atoms with Crippen LogP contribution in [-0.4, -0.2) is 9.78 Å². The SMILES string of the molecule is Cc1ccoc1C(N)Cc1cnn(C)c1. The standard InChI is InChI=1S/C11H15N3O/c1-8-3-4-15-11(8)10(12)5-9-6-13-14(2)7-9/h3-4,6-7,10H,5,12H2,1-2H3. The summed E-state index contributed by atoms with van der Waals surface area (Å²) in [5, 5.41) is 4.10. The lowest BCUT2D eigenvalue weighted by molar-refractivity contribution is 0.461. The van der Waals surface area contributed by atoms with Crippen molar-refractivity contribution in [1.82, 2.24) is 9.78 Å². The molecule has 4 heteroatoms. The van der Waals surface area contributed by atoms with E-state index in [1.807, 2.05) is 32.4 Å². The average Bonchev–Trinajstić information content (AvgIpc) is 2.75. The third-order valence-electron chi connectivity index (χ3n) is 2.45. The highest BCUT2D eigenvalue weighted by Crippen LogP contribution is 2.19. The third-order valence-corrected chi connectivity index (χ3v) is 2.45. The fourth-order valence-electron chi connectivity index (χ4n) is 1.69. The van der Waals surface area contributed by atoms with Gasteiger partial charge in [0.05, 0.1) is 18.5 Å². The van der Waals surface area contributed by atoms with Crippen molar-refractivity contribution in [3.63, 3.8) is 0 Å². The van der Waals surface area contributed by atoms with Gasteiger partial charge in [-0.15, -0.1) is 0 Å². The zero-order valence-corrected chi connectivity index (χ0v) is 8.97. The molecule has 1 atom stereocenters. The van der Waals surface area contributed by atoms with Crippen molar-refractivity contribution < 1.29 is 4.42 Å². The molecule has 0 fully saturated rings. The van der Waals surface area contributed by atoms with Gasteiger partial charge in [-0.25, -0.2) is 0 Å². The molecule has 2 aromatic heterocycles. The van der Waals surface area contributed by atoms with E-state index >= 15 is 0 Å². The molecule has 2 aromatic rings. The third kappa shape index (κ3) is 2.10. The van der Waals surface area contributed by atoms with Crippen molar-refractivity contribution in [2.75, 3.05) is 0 Å². The lowest BCUT2D eigenvalue weighted by Crippen LogP contribution is -2.13. The first kappa shape index (κ1) is 9.98. The normalized spacial score (nSPS) is 13.0. The van der Waals surface area contributed by atoms with E-state index in [-0.39, 0.29) is 6.04 Å². The van der Waals surface area contributed by atoms with Crippen LogP contribution >= 0.6 is 0 Å². The molecule has 2 rings (SSSR count). The first-order chi connectivity index (χ1) is 7.16. The summed E-state index contributed by atoms with van der Waals surface area (Å²) < 4.78 is 7.13. The van der Waals surface area contributed by atoms with Crippen LogP contribution in [0.4, 0.5) is 0 Å². The maximum atomic E-state index is 6.05. The van der Waals surface area contributed by atoms with Crippen molar-refractivity contribution in [2.45, 2.75) is 19.4 Å². The summed E-state index contributed by atoms with van der Waals surface area (Å²) in [5.41, 5.74) is 8.28. The van der Waals surface area contributed by atoms with Crippen molar-refractivity contribution in [2.24, 2.45) is 12.8 Å². The highest BCUT2D eigenvalue weighted by atomic mass is 16.3. The largest absolute Gasteiger partial charge is 0.467 e. The van der Waals surface area contributed by atoms with Crippen LogP contribution in [0.3, 0.4) is 0 Å². The fourth-order valence-corrected chi connectivity index (χ4v) is 1.69. The topological polar surface area (TPSA) is 57.0 Å². The van der Waals surface area contributed by atoms with E-state index in [0.29, 0.717) is 0 Å². The van der Waals surface area contributed by atoms with Crippen LogP contribution in [0.1, 0.15) is 22.9 Å². The Bertz CT molecular complexity index is 444. The van der Waals surface area contributed by atoms with Gasteiger partial charge >= 0.3 is 0 Å². The quantitative estimate of drug-likeness (QED) is 0.827. The Kier molecular flexibility index (Phi) is 2.60. The molecule has 0 aliphatic heterocycles. The summed E-state index contributed by atoms with van der Waals surface area (Å²) in [6.45, 7) is 2.00. The predicted molar refractivity (Wildman–Crippen MR) is 57.3 cm³/mol. The number of aryl methyl sites for hydroxylation is 2. The second kappa shape index (κ2) is 3.90. The monoisotopic (exact) mass is 205 g/mol. The summed E-state index contributed by atoms with van der Waals surface area (Å²) in [4.78, 5) is 0. The molecule has 0 aliphatic rings. The number of nitrogens with two attached hydrogens (primary N) is 1. The van der Waals surface area contributed by atoms with Gasteiger partial charge in [0.2, 0.25) is 0 Å². The molecule has 80 valence electrons. The van der Waals surface area contributed by atoms with Gasteiger partial charge < -0.3 is 10.2 Å². The number of rotatable bonds is 3. The van der Waals surface area contributed by atoms with E-state index < -0.39 is 0 Å². The van der Waals surface area contributed by atoms with Crippen molar-refractivity contribution in [1.29, 1.82) is 0 Å². The maximum absolute atomic E-state index is 6.05. The Morgan fingerprint density at radius 2 is 2.40 bits per heavy atom. The zero-order valence-electron chi connectivity index (χ0n) is 8.97. The summed E-state index contributed by atoms with van der Waals surface area (Å²) in [7, 11) is 1.90. The molecule has 2 heterocycles. The van der Waals surface area contributed by atoms with Gasteiger partial charge in [-0.1, -0.05) is 0 Å². The van der Waals surface area contributed by atoms with E-state index in [4.69, 9.17) is 10.2 Å². The van der Waals surface area contributed by atoms with Gasteiger partial charge in [-0.3, -0.25) is 4.68 Å². The number of hydrogen-bond donors (Lipinski definition) is 1. The van der Waals surface area contributed by atoms with E-state index in [1.165, 1.54) is 0 Å². The summed E-state index contributed by atoms with van der Waals surface area (Å²) in [6, 6.07) is 1.84. The number of aromatic nitrogens is 2. The van der Waals surface area contributed by atoms with Crippen LogP contribution < -0.4 is 5.73 Å². The van der Waals surface area contributed by atoms with Crippen molar-refractivity contribution in [3.05, 3.63) is 41.6 Å². The Morgan fingerprint density at radius 3 is 2.93 bits per heavy atom. The molecular weight excluding hydrogens is 190 g/mol. The average molecular weight is 205 g/mol. The molecule has 0 spiro atoms. The van der Waals surface area contributed by atoms with Crippen LogP contribution in [0, 0.1) is 6.92 Å². The van der Waals surface area contributed by atoms with Crippen LogP contribution in [0.5, 0.6) is 0 Å². The van der Waals surface area contributed by atoms with Gasteiger partial charge in [0, 0.05) is 13.2 Å². The van der Waals surface area contributed by atoms with Crippen molar-refractivity contribution >= 4 is 0 Å². The van der Waals surface area contributed by atoms with E-state index in [0.717, 1.165) is 23.3 Å². The minimum atomic E-state index is -0.0933. The second-order valence-corrected chi connectivity index (χ2v) is 3.80. The summed E-state index contributed by atoms with van der Waals surface area (Å²) in [6.07, 6.45) is 6.23. The lowest BCUT2D eigenvalue weighted by atomic mass is 10.1. The van der Waals surface area contributed by atoms with Crippen LogP contribution in [0.25, 0.3) is 0 Å². The van der Waals surface area contributed by atoms with Gasteiger partial charge in [0.15, 0.2) is 0 Å². The highest BCUT2D eigenvalue weighted by Gasteiger charge is 2.13. The predicted octanol–water partition coefficient (Wildman–Crippen LogP) is 1.56. The molecular formula is C11H15N3O. The molecule has 2 N–H and O–H groups in total. The van der Waals surface area contributed by atoms with E-state index in [9.17, 15) is 0 Å². The van der Waals surface area contributed by atoms with Gasteiger partial charge in [0.1, 0.15) is 5.76 Å². The highest BCUT2D eigenvalue weighted by molar-refractivity contribution is 5.20. The lowest BCUT2D eigenvalue weighted by Gasteiger charge is -2.07. The number of furan rings is 1. The Labute approximate surface area is 88.7 Å². The molecule has 0 bridgehead atoms. The molecule has 0 radical (unpaired) electrons. The fraction of sp³-hybridized carbons (Fsp3) is 0.364. The van der Waals surface area contributed by atoms with E-state index in [2.05, 4.69) is 5.10 Å². The smallest absolute Gasteiger partial charge is 0.123 e. The molecule has 4 nitrogen and oxygen atoms in total. The van der Waals surface area contributed by atoms with E-state index in [1.54, 1.807) is 10.9 Å². The Hall–Kier alpha value is -1.55. The molecule has 0 aliphatic carbocycles. The first-order valence-electron chi connectivity index (χ1n) is 4.94. The minimum Gasteiger partial charge on any atom is -0.467 e. The van der Waals surface area contributed by atoms with Gasteiger partial charge in [-0.05, 0) is 30.5 Å². The second-order valence-electron chi connectivity index (χ2n) is 3.80. The molecule has 0 saturated heterocycles. The molecule has 0 saturated carbocycles. The van der Waals surface area contributed by atoms with Gasteiger partial charge in [-0.2, -0.15) is 5.10 Å².